The van der Waals surface area contributed by atoms with Crippen LogP contribution >= 0.6 is 22.9 Å². The number of benzene rings is 1. The molecule has 1 aliphatic heterocycles. The highest BCUT2D eigenvalue weighted by molar-refractivity contribution is 7.20. The molecule has 4 rings (SSSR count). The van der Waals surface area contributed by atoms with Crippen molar-refractivity contribution in [3.05, 3.63) is 46.1 Å². The van der Waals surface area contributed by atoms with Crippen LogP contribution in [0.1, 0.15) is 15.2 Å². The Labute approximate surface area is 184 Å². The molecule has 30 heavy (non-hydrogen) atoms. The number of hydrogen-bond donors (Lipinski definition) is 0. The van der Waals surface area contributed by atoms with E-state index in [1.165, 1.54) is 17.0 Å². The second-order valence-electron chi connectivity index (χ2n) is 6.99. The minimum Gasteiger partial charge on any atom is -0.459 e. The molecule has 0 N–H and O–H groups in total. The number of methoxy groups -OCH3 is 1. The number of piperazine rings is 1. The lowest BCUT2D eigenvalue weighted by molar-refractivity contribution is 0.0393. The minimum atomic E-state index is -0.372. The molecule has 2 aromatic heterocycles. The fraction of sp³-hybridized carbons (Fsp3) is 0.381. The quantitative estimate of drug-likeness (QED) is 0.324. The van der Waals surface area contributed by atoms with Crippen molar-refractivity contribution < 1.29 is 14.3 Å². The maximum absolute atomic E-state index is 12.5. The van der Waals surface area contributed by atoms with Gasteiger partial charge >= 0.3 is 5.97 Å². The molecule has 1 fully saturated rings. The van der Waals surface area contributed by atoms with E-state index in [9.17, 15) is 4.79 Å². The highest BCUT2D eigenvalue weighted by Crippen LogP contribution is 2.37. The molecule has 3 aromatic rings. The number of anilines is 2. The number of carbonyl (C=O) groups is 1. The van der Waals surface area contributed by atoms with Crippen molar-refractivity contribution in [1.82, 2.24) is 9.97 Å². The van der Waals surface area contributed by atoms with Crippen molar-refractivity contribution in [3.63, 3.8) is 0 Å². The Morgan fingerprint density at radius 2 is 1.80 bits per heavy atom. The molecular weight excluding hydrogens is 424 g/mol. The second-order valence-corrected chi connectivity index (χ2v) is 8.33. The molecule has 158 valence electrons. The van der Waals surface area contributed by atoms with Crippen LogP contribution in [0, 0.1) is 6.92 Å². The molecule has 1 aromatic carbocycles. The fourth-order valence-electron chi connectivity index (χ4n) is 3.61. The first-order chi connectivity index (χ1) is 14.6. The summed E-state index contributed by atoms with van der Waals surface area (Å²) >= 11 is 7.52. The number of hydrogen-bond acceptors (Lipinski definition) is 8. The third-order valence-electron chi connectivity index (χ3n) is 5.15. The Morgan fingerprint density at radius 1 is 1.10 bits per heavy atom. The summed E-state index contributed by atoms with van der Waals surface area (Å²) in [5.74, 6) is 0.408. The van der Waals surface area contributed by atoms with E-state index in [1.54, 1.807) is 7.11 Å². The molecule has 7 nitrogen and oxygen atoms in total. The number of para-hydroxylation sites is 1. The monoisotopic (exact) mass is 446 g/mol. The SMILES string of the molecule is COCCOC(=O)c1sc2nc(Cl)nc(N3CCN(c4ccccc4)CC3)c2c1C. The standard InChI is InChI=1S/C21H23ClN4O3S/c1-14-16-18(26-10-8-25(9-11-26)15-6-4-3-5-7-15)23-21(22)24-19(16)30-17(14)20(27)29-13-12-28-2/h3-7H,8-13H2,1-2H3. The van der Waals surface area contributed by atoms with Gasteiger partial charge in [-0.3, -0.25) is 0 Å². The van der Waals surface area contributed by atoms with Crippen LogP contribution in [0.2, 0.25) is 5.28 Å². The van der Waals surface area contributed by atoms with Gasteiger partial charge in [0.25, 0.3) is 0 Å². The van der Waals surface area contributed by atoms with Crippen LogP contribution in [0.3, 0.4) is 0 Å². The van der Waals surface area contributed by atoms with Crippen LogP contribution in [-0.2, 0) is 9.47 Å². The smallest absolute Gasteiger partial charge is 0.348 e. The van der Waals surface area contributed by atoms with Crippen LogP contribution in [0.5, 0.6) is 0 Å². The van der Waals surface area contributed by atoms with Crippen LogP contribution in [0.25, 0.3) is 10.2 Å². The van der Waals surface area contributed by atoms with Crippen LogP contribution in [0.4, 0.5) is 11.5 Å². The van der Waals surface area contributed by atoms with Gasteiger partial charge in [-0.05, 0) is 36.2 Å². The van der Waals surface area contributed by atoms with Gasteiger partial charge in [0, 0.05) is 39.0 Å². The van der Waals surface area contributed by atoms with Gasteiger partial charge < -0.3 is 19.3 Å². The number of aryl methyl sites for hydroxylation is 1. The summed E-state index contributed by atoms with van der Waals surface area (Å²) in [6, 6.07) is 10.4. The Hall–Kier alpha value is -2.42. The number of rotatable bonds is 6. The molecule has 0 amide bonds. The molecule has 1 saturated heterocycles. The Kier molecular flexibility index (Phi) is 6.36. The van der Waals surface area contributed by atoms with E-state index in [-0.39, 0.29) is 17.9 Å². The Bertz CT molecular complexity index is 1040. The second kappa shape index (κ2) is 9.16. The number of nitrogens with zero attached hydrogens (tertiary/aromatic N) is 4. The number of halogens is 1. The molecule has 0 saturated carbocycles. The number of ether oxygens (including phenoxy) is 2. The predicted molar refractivity (Wildman–Crippen MR) is 120 cm³/mol. The van der Waals surface area contributed by atoms with Crippen LogP contribution in [-0.4, -0.2) is 62.4 Å². The normalized spacial score (nSPS) is 14.4. The first-order valence-electron chi connectivity index (χ1n) is 9.76. The lowest BCUT2D eigenvalue weighted by atomic mass is 10.1. The number of thiophene rings is 1. The number of carbonyl (C=O) groups excluding carboxylic acids is 1. The van der Waals surface area contributed by atoms with E-state index in [1.807, 2.05) is 13.0 Å². The van der Waals surface area contributed by atoms with Gasteiger partial charge in [-0.25, -0.2) is 9.78 Å². The molecule has 1 aliphatic rings. The van der Waals surface area contributed by atoms with Crippen molar-refractivity contribution in [3.8, 4) is 0 Å². The molecule has 0 radical (unpaired) electrons. The van der Waals surface area contributed by atoms with Gasteiger partial charge in [-0.15, -0.1) is 11.3 Å². The van der Waals surface area contributed by atoms with Gasteiger partial charge in [0.15, 0.2) is 0 Å². The molecule has 0 spiro atoms. The summed E-state index contributed by atoms with van der Waals surface area (Å²) in [4.78, 5) is 27.2. The lowest BCUT2D eigenvalue weighted by Crippen LogP contribution is -2.47. The largest absolute Gasteiger partial charge is 0.459 e. The highest BCUT2D eigenvalue weighted by atomic mass is 35.5. The number of esters is 1. The summed E-state index contributed by atoms with van der Waals surface area (Å²) < 4.78 is 10.3. The first kappa shape index (κ1) is 20.8. The van der Waals surface area contributed by atoms with Crippen molar-refractivity contribution in [2.45, 2.75) is 6.92 Å². The summed E-state index contributed by atoms with van der Waals surface area (Å²) in [6.45, 7) is 5.85. The lowest BCUT2D eigenvalue weighted by Gasteiger charge is -2.37. The molecule has 0 atom stereocenters. The zero-order valence-corrected chi connectivity index (χ0v) is 18.5. The molecule has 0 unspecified atom stereocenters. The predicted octanol–water partition coefficient (Wildman–Crippen LogP) is 3.78. The van der Waals surface area contributed by atoms with Crippen LogP contribution < -0.4 is 9.80 Å². The minimum absolute atomic E-state index is 0.184. The summed E-state index contributed by atoms with van der Waals surface area (Å²) in [5.41, 5.74) is 2.05. The average Bonchev–Trinajstić information content (AvgIpc) is 3.10. The third kappa shape index (κ3) is 4.21. The number of aromatic nitrogens is 2. The van der Waals surface area contributed by atoms with Crippen LogP contribution in [0.15, 0.2) is 30.3 Å². The molecule has 0 aliphatic carbocycles. The first-order valence-corrected chi connectivity index (χ1v) is 11.0. The van der Waals surface area contributed by atoms with E-state index >= 15 is 0 Å². The Balaban J connectivity index is 1.59. The van der Waals surface area contributed by atoms with Gasteiger partial charge in [-0.1, -0.05) is 18.2 Å². The van der Waals surface area contributed by atoms with Gasteiger partial charge in [0.1, 0.15) is 22.1 Å². The molecule has 0 bridgehead atoms. The van der Waals surface area contributed by atoms with Crippen molar-refractivity contribution in [2.75, 3.05) is 56.3 Å². The fourth-order valence-corrected chi connectivity index (χ4v) is 4.90. The van der Waals surface area contributed by atoms with Gasteiger partial charge in [0.05, 0.1) is 12.0 Å². The van der Waals surface area contributed by atoms with Crippen molar-refractivity contribution in [2.24, 2.45) is 0 Å². The summed E-state index contributed by atoms with van der Waals surface area (Å²) in [5, 5.41) is 1.06. The maximum atomic E-state index is 12.5. The van der Waals surface area contributed by atoms with E-state index in [2.05, 4.69) is 44.0 Å². The van der Waals surface area contributed by atoms with E-state index in [0.29, 0.717) is 16.3 Å². The average molecular weight is 447 g/mol. The molecular formula is C21H23ClN4O3S. The Morgan fingerprint density at radius 3 is 2.50 bits per heavy atom. The highest BCUT2D eigenvalue weighted by Gasteiger charge is 2.26. The summed E-state index contributed by atoms with van der Waals surface area (Å²) in [6.07, 6.45) is 0. The van der Waals surface area contributed by atoms with Gasteiger partial charge in [-0.2, -0.15) is 4.98 Å². The zero-order valence-electron chi connectivity index (χ0n) is 16.9. The van der Waals surface area contributed by atoms with E-state index < -0.39 is 0 Å². The maximum Gasteiger partial charge on any atom is 0.348 e. The third-order valence-corrected chi connectivity index (χ3v) is 6.49. The summed E-state index contributed by atoms with van der Waals surface area (Å²) in [7, 11) is 1.57. The van der Waals surface area contributed by atoms with Crippen molar-refractivity contribution >= 4 is 50.6 Å². The van der Waals surface area contributed by atoms with E-state index in [4.69, 9.17) is 21.1 Å². The molecule has 3 heterocycles. The topological polar surface area (TPSA) is 67.8 Å². The zero-order chi connectivity index (χ0) is 21.1. The van der Waals surface area contributed by atoms with Crippen molar-refractivity contribution in [1.29, 1.82) is 0 Å². The van der Waals surface area contributed by atoms with E-state index in [0.717, 1.165) is 42.9 Å². The molecule has 9 heteroatoms. The van der Waals surface area contributed by atoms with Gasteiger partial charge in [0.2, 0.25) is 5.28 Å². The number of fused-ring (bicyclic) bond motifs is 1.